The van der Waals surface area contributed by atoms with E-state index >= 15 is 0 Å². The zero-order valence-corrected chi connectivity index (χ0v) is 19.4. The number of aromatic nitrogens is 2. The average Bonchev–Trinajstić information content (AvgIpc) is 3.40. The van der Waals surface area contributed by atoms with Gasteiger partial charge in [0.2, 0.25) is 0 Å². The highest BCUT2D eigenvalue weighted by Crippen LogP contribution is 2.29. The number of morpholine rings is 1. The van der Waals surface area contributed by atoms with E-state index in [1.807, 2.05) is 19.1 Å². The fraction of sp³-hybridized carbons (Fsp3) is 0.400. The van der Waals surface area contributed by atoms with E-state index in [-0.39, 0.29) is 24.5 Å². The van der Waals surface area contributed by atoms with Crippen LogP contribution in [0.3, 0.4) is 0 Å². The number of nitrogens with zero attached hydrogens (tertiary/aromatic N) is 4. The molecule has 0 aliphatic carbocycles. The van der Waals surface area contributed by atoms with Gasteiger partial charge in [-0.05, 0) is 43.7 Å². The van der Waals surface area contributed by atoms with Gasteiger partial charge in [0.15, 0.2) is 0 Å². The molecule has 0 bridgehead atoms. The molecule has 2 saturated heterocycles. The zero-order chi connectivity index (χ0) is 23.7. The number of ether oxygens (including phenoxy) is 2. The minimum Gasteiger partial charge on any atom is -0.378 e. The second-order valence-corrected chi connectivity index (χ2v) is 8.70. The molecule has 2 aromatic carbocycles. The first kappa shape index (κ1) is 22.5. The molecule has 0 radical (unpaired) electrons. The molecular weight excluding hydrogens is 437 g/mol. The highest BCUT2D eigenvalue weighted by Gasteiger charge is 2.24. The van der Waals surface area contributed by atoms with Crippen molar-refractivity contribution in [1.82, 2.24) is 14.9 Å². The summed E-state index contributed by atoms with van der Waals surface area (Å²) in [6.45, 7) is 7.87. The SMILES string of the molecule is Cc1ccc(NC(C)c2cc(C(=O)N3CCOC3)cc3ncc(N4CCOCC4)nc23)cc1F. The Morgan fingerprint density at radius 1 is 1.12 bits per heavy atom. The van der Waals surface area contributed by atoms with Gasteiger partial charge >= 0.3 is 0 Å². The van der Waals surface area contributed by atoms with Gasteiger partial charge in [0.1, 0.15) is 18.4 Å². The van der Waals surface area contributed by atoms with Gasteiger partial charge in [-0.1, -0.05) is 6.07 Å². The van der Waals surface area contributed by atoms with Crippen LogP contribution in [0.4, 0.5) is 15.9 Å². The number of benzene rings is 2. The summed E-state index contributed by atoms with van der Waals surface area (Å²) in [4.78, 5) is 26.5. The molecule has 0 saturated carbocycles. The van der Waals surface area contributed by atoms with Crippen LogP contribution in [0.1, 0.15) is 34.5 Å². The number of carbonyl (C=O) groups is 1. The van der Waals surface area contributed by atoms with E-state index in [4.69, 9.17) is 14.5 Å². The average molecular weight is 466 g/mol. The van der Waals surface area contributed by atoms with E-state index in [0.717, 1.165) is 24.5 Å². The number of aryl methyl sites for hydroxylation is 1. The Morgan fingerprint density at radius 3 is 2.65 bits per heavy atom. The lowest BCUT2D eigenvalue weighted by Gasteiger charge is -2.28. The molecule has 5 rings (SSSR count). The molecule has 3 heterocycles. The van der Waals surface area contributed by atoms with Gasteiger partial charge in [0, 0.05) is 36.4 Å². The Morgan fingerprint density at radius 2 is 1.91 bits per heavy atom. The quantitative estimate of drug-likeness (QED) is 0.618. The third kappa shape index (κ3) is 4.53. The van der Waals surface area contributed by atoms with E-state index in [1.54, 1.807) is 30.2 Å². The van der Waals surface area contributed by atoms with Crippen LogP contribution in [-0.4, -0.2) is 67.0 Å². The van der Waals surface area contributed by atoms with Crippen LogP contribution in [0.2, 0.25) is 0 Å². The Kier molecular flexibility index (Phi) is 6.30. The van der Waals surface area contributed by atoms with Crippen LogP contribution in [0.5, 0.6) is 0 Å². The summed E-state index contributed by atoms with van der Waals surface area (Å²) in [6.07, 6.45) is 1.75. The summed E-state index contributed by atoms with van der Waals surface area (Å²) >= 11 is 0. The molecule has 1 N–H and O–H groups in total. The van der Waals surface area contributed by atoms with Crippen LogP contribution in [0.15, 0.2) is 36.5 Å². The Balaban J connectivity index is 1.55. The Hall–Kier alpha value is -3.30. The molecule has 8 nitrogen and oxygen atoms in total. The molecule has 34 heavy (non-hydrogen) atoms. The number of nitrogens with one attached hydrogen (secondary N) is 1. The lowest BCUT2D eigenvalue weighted by atomic mass is 10.0. The van der Waals surface area contributed by atoms with Crippen molar-refractivity contribution < 1.29 is 18.7 Å². The van der Waals surface area contributed by atoms with Crippen molar-refractivity contribution in [2.24, 2.45) is 0 Å². The monoisotopic (exact) mass is 465 g/mol. The van der Waals surface area contributed by atoms with Gasteiger partial charge in [-0.2, -0.15) is 0 Å². The first-order chi connectivity index (χ1) is 16.5. The number of halogens is 1. The fourth-order valence-corrected chi connectivity index (χ4v) is 4.30. The van der Waals surface area contributed by atoms with Crippen LogP contribution in [0.25, 0.3) is 11.0 Å². The number of hydrogen-bond acceptors (Lipinski definition) is 7. The molecule has 2 aliphatic rings. The maximum atomic E-state index is 14.1. The molecule has 2 aliphatic heterocycles. The summed E-state index contributed by atoms with van der Waals surface area (Å²) in [6, 6.07) is 8.47. The third-order valence-corrected chi connectivity index (χ3v) is 6.31. The summed E-state index contributed by atoms with van der Waals surface area (Å²) in [5, 5.41) is 3.36. The Bertz CT molecular complexity index is 1210. The second kappa shape index (κ2) is 9.52. The van der Waals surface area contributed by atoms with Crippen molar-refractivity contribution in [3.05, 3.63) is 59.0 Å². The zero-order valence-electron chi connectivity index (χ0n) is 19.4. The number of fused-ring (bicyclic) bond motifs is 1. The molecule has 0 spiro atoms. The van der Waals surface area contributed by atoms with Gasteiger partial charge < -0.3 is 24.6 Å². The second-order valence-electron chi connectivity index (χ2n) is 8.70. The fourth-order valence-electron chi connectivity index (χ4n) is 4.30. The molecule has 9 heteroatoms. The summed E-state index contributed by atoms with van der Waals surface area (Å²) in [5.74, 6) is 0.403. The number of rotatable bonds is 5. The third-order valence-electron chi connectivity index (χ3n) is 6.31. The minimum atomic E-state index is -0.269. The molecule has 2 fully saturated rings. The number of amides is 1. The van der Waals surface area contributed by atoms with Crippen molar-refractivity contribution in [3.63, 3.8) is 0 Å². The molecule has 1 amide bonds. The topological polar surface area (TPSA) is 79.8 Å². The predicted molar refractivity (Wildman–Crippen MR) is 128 cm³/mol. The van der Waals surface area contributed by atoms with Crippen molar-refractivity contribution in [3.8, 4) is 0 Å². The first-order valence-corrected chi connectivity index (χ1v) is 11.5. The van der Waals surface area contributed by atoms with Gasteiger partial charge in [-0.3, -0.25) is 9.78 Å². The summed E-state index contributed by atoms with van der Waals surface area (Å²) in [7, 11) is 0. The maximum absolute atomic E-state index is 14.1. The van der Waals surface area contributed by atoms with Gasteiger partial charge in [0.05, 0.1) is 43.1 Å². The van der Waals surface area contributed by atoms with Crippen molar-refractivity contribution in [2.75, 3.05) is 56.4 Å². The largest absolute Gasteiger partial charge is 0.378 e. The number of anilines is 2. The molecular formula is C25H28FN5O3. The van der Waals surface area contributed by atoms with E-state index in [1.165, 1.54) is 6.07 Å². The minimum absolute atomic E-state index is 0.103. The smallest absolute Gasteiger partial charge is 0.255 e. The molecule has 3 aromatic rings. The highest BCUT2D eigenvalue weighted by atomic mass is 19.1. The molecule has 1 aromatic heterocycles. The predicted octanol–water partition coefficient (Wildman–Crippen LogP) is 3.52. The summed E-state index contributed by atoms with van der Waals surface area (Å²) < 4.78 is 25.0. The lowest BCUT2D eigenvalue weighted by Crippen LogP contribution is -2.36. The van der Waals surface area contributed by atoms with Gasteiger partial charge in [0.25, 0.3) is 5.91 Å². The van der Waals surface area contributed by atoms with E-state index < -0.39 is 0 Å². The van der Waals surface area contributed by atoms with Crippen LogP contribution in [-0.2, 0) is 9.47 Å². The normalized spacial score (nSPS) is 17.3. The molecule has 178 valence electrons. The van der Waals surface area contributed by atoms with Crippen molar-refractivity contribution in [1.29, 1.82) is 0 Å². The van der Waals surface area contributed by atoms with Gasteiger partial charge in [-0.15, -0.1) is 0 Å². The Labute approximate surface area is 197 Å². The highest BCUT2D eigenvalue weighted by molar-refractivity contribution is 5.98. The lowest BCUT2D eigenvalue weighted by molar-refractivity contribution is 0.0695. The maximum Gasteiger partial charge on any atom is 0.255 e. The van der Waals surface area contributed by atoms with E-state index in [9.17, 15) is 9.18 Å². The standard InChI is InChI=1S/C25H28FN5O3/c1-16-3-4-19(13-21(16)26)28-17(2)20-11-18(25(32)31-7-10-34-15-31)12-22-24(20)29-23(14-27-22)30-5-8-33-9-6-30/h3-4,11-14,17,28H,5-10,15H2,1-2H3. The molecule has 1 unspecified atom stereocenters. The van der Waals surface area contributed by atoms with Crippen LogP contribution in [0, 0.1) is 12.7 Å². The first-order valence-electron chi connectivity index (χ1n) is 11.5. The van der Waals surface area contributed by atoms with Crippen LogP contribution < -0.4 is 10.2 Å². The summed E-state index contributed by atoms with van der Waals surface area (Å²) in [5.41, 5.74) is 3.96. The van der Waals surface area contributed by atoms with E-state index in [0.29, 0.717) is 54.2 Å². The van der Waals surface area contributed by atoms with Gasteiger partial charge in [-0.25, -0.2) is 9.37 Å². The van der Waals surface area contributed by atoms with Crippen LogP contribution >= 0.6 is 0 Å². The van der Waals surface area contributed by atoms with E-state index in [2.05, 4.69) is 15.2 Å². The molecule has 1 atom stereocenters. The van der Waals surface area contributed by atoms with Crippen molar-refractivity contribution >= 4 is 28.4 Å². The van der Waals surface area contributed by atoms with Crippen molar-refractivity contribution in [2.45, 2.75) is 19.9 Å². The number of hydrogen-bond donors (Lipinski definition) is 1. The number of carbonyl (C=O) groups excluding carboxylic acids is 1.